The first-order valence-corrected chi connectivity index (χ1v) is 5.58. The van der Waals surface area contributed by atoms with Crippen LogP contribution in [-0.4, -0.2) is 11.2 Å². The molecule has 1 N–H and O–H groups in total. The third-order valence-electron chi connectivity index (χ3n) is 2.74. The zero-order valence-corrected chi connectivity index (χ0v) is 8.82. The number of benzene rings is 1. The van der Waals surface area contributed by atoms with Crippen LogP contribution in [0.4, 0.5) is 0 Å². The van der Waals surface area contributed by atoms with Gasteiger partial charge in [-0.25, -0.2) is 0 Å². The normalized spacial score (nSPS) is 16.6. The van der Waals surface area contributed by atoms with Gasteiger partial charge in [0.2, 0.25) is 0 Å². The van der Waals surface area contributed by atoms with Gasteiger partial charge in [0.25, 0.3) is 0 Å². The molecule has 0 spiro atoms. The first-order chi connectivity index (χ1) is 7.36. The monoisotopic (exact) mass is 200 g/mol. The van der Waals surface area contributed by atoms with E-state index in [1.165, 1.54) is 12.8 Å². The minimum atomic E-state index is -0.116. The van der Waals surface area contributed by atoms with Crippen molar-refractivity contribution >= 4 is 0 Å². The average molecular weight is 200 g/mol. The molecule has 0 aliphatic heterocycles. The van der Waals surface area contributed by atoms with Gasteiger partial charge in [-0.05, 0) is 37.3 Å². The Bertz CT molecular complexity index is 354. The van der Waals surface area contributed by atoms with Crippen molar-refractivity contribution in [3.05, 3.63) is 35.9 Å². The Morgan fingerprint density at radius 1 is 1.27 bits per heavy atom. The van der Waals surface area contributed by atoms with Crippen LogP contribution in [-0.2, 0) is 0 Å². The molecule has 1 aromatic carbocycles. The summed E-state index contributed by atoms with van der Waals surface area (Å²) in [6, 6.07) is 9.97. The van der Waals surface area contributed by atoms with Crippen molar-refractivity contribution in [1.82, 2.24) is 0 Å². The Hall–Kier alpha value is -1.26. The molecule has 2 rings (SSSR count). The molecule has 0 heterocycles. The van der Waals surface area contributed by atoms with E-state index >= 15 is 0 Å². The van der Waals surface area contributed by atoms with E-state index in [-0.39, 0.29) is 6.10 Å². The smallest absolute Gasteiger partial charge is 0.0577 e. The minimum Gasteiger partial charge on any atom is -0.393 e. The third-order valence-corrected chi connectivity index (χ3v) is 2.74. The molecule has 0 bridgehead atoms. The largest absolute Gasteiger partial charge is 0.393 e. The van der Waals surface area contributed by atoms with Crippen molar-refractivity contribution in [3.63, 3.8) is 0 Å². The van der Waals surface area contributed by atoms with Crippen molar-refractivity contribution in [3.8, 4) is 11.8 Å². The van der Waals surface area contributed by atoms with Gasteiger partial charge in [0, 0.05) is 12.0 Å². The second kappa shape index (κ2) is 5.00. The number of hydrogen-bond donors (Lipinski definition) is 1. The van der Waals surface area contributed by atoms with Crippen LogP contribution in [0, 0.1) is 17.8 Å². The zero-order valence-electron chi connectivity index (χ0n) is 8.82. The zero-order chi connectivity index (χ0) is 10.5. The molecule has 1 saturated carbocycles. The Labute approximate surface area is 91.1 Å². The van der Waals surface area contributed by atoms with Crippen LogP contribution in [0.5, 0.6) is 0 Å². The van der Waals surface area contributed by atoms with Gasteiger partial charge in [0.05, 0.1) is 6.10 Å². The van der Waals surface area contributed by atoms with Gasteiger partial charge in [-0.3, -0.25) is 0 Å². The predicted molar refractivity (Wildman–Crippen MR) is 61.3 cm³/mol. The van der Waals surface area contributed by atoms with E-state index in [1.54, 1.807) is 0 Å². The average Bonchev–Trinajstić information content (AvgIpc) is 3.09. The van der Waals surface area contributed by atoms with E-state index in [1.807, 2.05) is 30.3 Å². The molecule has 1 fully saturated rings. The Balaban J connectivity index is 1.75. The van der Waals surface area contributed by atoms with Crippen molar-refractivity contribution in [2.24, 2.45) is 5.92 Å². The Morgan fingerprint density at radius 3 is 2.67 bits per heavy atom. The Kier molecular flexibility index (Phi) is 3.42. The van der Waals surface area contributed by atoms with Gasteiger partial charge in [0.1, 0.15) is 0 Å². The van der Waals surface area contributed by atoms with Crippen molar-refractivity contribution in [1.29, 1.82) is 0 Å². The van der Waals surface area contributed by atoms with Crippen LogP contribution < -0.4 is 0 Å². The molecule has 1 heteroatoms. The van der Waals surface area contributed by atoms with Gasteiger partial charge in [-0.2, -0.15) is 0 Å². The molecule has 1 aliphatic carbocycles. The lowest BCUT2D eigenvalue weighted by Gasteiger charge is -2.04. The standard InChI is InChI=1S/C14H16O/c15-14(13-10-11-13)9-5-4-8-12-6-2-1-3-7-12/h1-3,6-7,13-15H,5,9-11H2. The van der Waals surface area contributed by atoms with E-state index in [0.29, 0.717) is 5.92 Å². The van der Waals surface area contributed by atoms with E-state index < -0.39 is 0 Å². The van der Waals surface area contributed by atoms with E-state index in [0.717, 1.165) is 18.4 Å². The molecule has 0 saturated heterocycles. The molecule has 1 aliphatic rings. The van der Waals surface area contributed by atoms with Gasteiger partial charge in [-0.15, -0.1) is 0 Å². The lowest BCUT2D eigenvalue weighted by molar-refractivity contribution is 0.143. The third kappa shape index (κ3) is 3.42. The first kappa shape index (κ1) is 10.3. The van der Waals surface area contributed by atoms with Crippen LogP contribution in [0.2, 0.25) is 0 Å². The lowest BCUT2D eigenvalue weighted by atomic mass is 10.1. The maximum Gasteiger partial charge on any atom is 0.0577 e. The van der Waals surface area contributed by atoms with Crippen molar-refractivity contribution < 1.29 is 5.11 Å². The molecule has 0 aromatic heterocycles. The summed E-state index contributed by atoms with van der Waals surface area (Å²) in [4.78, 5) is 0. The fraction of sp³-hybridized carbons (Fsp3) is 0.429. The van der Waals surface area contributed by atoms with Gasteiger partial charge in [-0.1, -0.05) is 30.0 Å². The highest BCUT2D eigenvalue weighted by molar-refractivity contribution is 5.33. The number of aliphatic hydroxyl groups is 1. The molecule has 1 atom stereocenters. The molecule has 1 aromatic rings. The molecule has 0 amide bonds. The van der Waals surface area contributed by atoms with Crippen LogP contribution in [0.15, 0.2) is 30.3 Å². The van der Waals surface area contributed by atoms with Crippen molar-refractivity contribution in [2.75, 3.05) is 0 Å². The Morgan fingerprint density at radius 2 is 2.00 bits per heavy atom. The highest BCUT2D eigenvalue weighted by Gasteiger charge is 2.28. The van der Waals surface area contributed by atoms with E-state index in [2.05, 4.69) is 11.8 Å². The molecule has 15 heavy (non-hydrogen) atoms. The minimum absolute atomic E-state index is 0.116. The summed E-state index contributed by atoms with van der Waals surface area (Å²) in [5, 5.41) is 9.62. The van der Waals surface area contributed by atoms with E-state index in [4.69, 9.17) is 0 Å². The molecule has 0 radical (unpaired) electrons. The molecular formula is C14H16O. The van der Waals surface area contributed by atoms with Crippen LogP contribution in [0.3, 0.4) is 0 Å². The lowest BCUT2D eigenvalue weighted by Crippen LogP contribution is -2.07. The summed E-state index contributed by atoms with van der Waals surface area (Å²) >= 11 is 0. The van der Waals surface area contributed by atoms with Crippen LogP contribution in [0.1, 0.15) is 31.2 Å². The second-order valence-electron chi connectivity index (χ2n) is 4.11. The maximum atomic E-state index is 9.62. The number of hydrogen-bond acceptors (Lipinski definition) is 1. The summed E-state index contributed by atoms with van der Waals surface area (Å²) in [6.07, 6.45) is 3.91. The topological polar surface area (TPSA) is 20.2 Å². The van der Waals surface area contributed by atoms with Gasteiger partial charge < -0.3 is 5.11 Å². The highest BCUT2D eigenvalue weighted by Crippen LogP contribution is 2.34. The number of aliphatic hydroxyl groups excluding tert-OH is 1. The summed E-state index contributed by atoms with van der Waals surface area (Å²) in [7, 11) is 0. The molecule has 78 valence electrons. The summed E-state index contributed by atoms with van der Waals surface area (Å²) in [5.41, 5.74) is 1.05. The molecular weight excluding hydrogens is 184 g/mol. The predicted octanol–water partition coefficient (Wildman–Crippen LogP) is 2.59. The summed E-state index contributed by atoms with van der Waals surface area (Å²) in [5.74, 6) is 6.78. The first-order valence-electron chi connectivity index (χ1n) is 5.58. The van der Waals surface area contributed by atoms with Crippen LogP contribution in [0.25, 0.3) is 0 Å². The maximum absolute atomic E-state index is 9.62. The highest BCUT2D eigenvalue weighted by atomic mass is 16.3. The van der Waals surface area contributed by atoms with Crippen LogP contribution >= 0.6 is 0 Å². The molecule has 1 nitrogen and oxygen atoms in total. The summed E-state index contributed by atoms with van der Waals surface area (Å²) < 4.78 is 0. The van der Waals surface area contributed by atoms with Gasteiger partial charge in [0.15, 0.2) is 0 Å². The second-order valence-corrected chi connectivity index (χ2v) is 4.11. The van der Waals surface area contributed by atoms with E-state index in [9.17, 15) is 5.11 Å². The van der Waals surface area contributed by atoms with Gasteiger partial charge >= 0.3 is 0 Å². The summed E-state index contributed by atoms with van der Waals surface area (Å²) in [6.45, 7) is 0. The molecule has 1 unspecified atom stereocenters. The quantitative estimate of drug-likeness (QED) is 0.743. The van der Waals surface area contributed by atoms with Crippen molar-refractivity contribution in [2.45, 2.75) is 31.8 Å². The number of rotatable bonds is 3. The fourth-order valence-electron chi connectivity index (χ4n) is 1.62. The SMILES string of the molecule is OC(CCC#Cc1ccccc1)C1CC1. The fourth-order valence-corrected chi connectivity index (χ4v) is 1.62.